The first-order valence-corrected chi connectivity index (χ1v) is 19.6. The first-order chi connectivity index (χ1) is 28.2. The van der Waals surface area contributed by atoms with Crippen molar-refractivity contribution in [2.24, 2.45) is 0 Å². The van der Waals surface area contributed by atoms with E-state index in [1.165, 1.54) is 35.6 Å². The van der Waals surface area contributed by atoms with Gasteiger partial charge in [-0.1, -0.05) is 6.07 Å². The lowest BCUT2D eigenvalue weighted by Gasteiger charge is -2.27. The number of anilines is 1. The molecule has 1 unspecified atom stereocenters. The van der Waals surface area contributed by atoms with Crippen molar-refractivity contribution in [1.29, 1.82) is 0 Å². The highest BCUT2D eigenvalue weighted by Gasteiger charge is 2.46. The Labute approximate surface area is 335 Å². The van der Waals surface area contributed by atoms with E-state index in [2.05, 4.69) is 20.5 Å². The van der Waals surface area contributed by atoms with E-state index in [1.807, 2.05) is 0 Å². The quantitative estimate of drug-likeness (QED) is 0.110. The fourth-order valence-corrected chi connectivity index (χ4v) is 7.07. The number of thiazole rings is 1. The molecule has 3 aromatic rings. The Balaban J connectivity index is 0.771. The van der Waals surface area contributed by atoms with Crippen LogP contribution >= 0.6 is 11.3 Å². The highest BCUT2D eigenvalue weighted by atomic mass is 32.1. The third-order valence-electron chi connectivity index (χ3n) is 9.05. The summed E-state index contributed by atoms with van der Waals surface area (Å²) in [6.45, 7) is 4.43. The van der Waals surface area contributed by atoms with Crippen LogP contribution in [-0.4, -0.2) is 144 Å². The zero-order valence-electron chi connectivity index (χ0n) is 31.5. The zero-order chi connectivity index (χ0) is 40.9. The van der Waals surface area contributed by atoms with E-state index in [0.717, 1.165) is 16.1 Å². The molecular weight excluding hydrogens is 789 g/mol. The molecule has 5 amide bonds. The number of amides is 5. The Hall–Kier alpha value is -5.12. The van der Waals surface area contributed by atoms with Gasteiger partial charge in [-0.2, -0.15) is 4.39 Å². The number of hydrogen-bond acceptors (Lipinski definition) is 15. The molecule has 3 aliphatic rings. The summed E-state index contributed by atoms with van der Waals surface area (Å²) in [6, 6.07) is 5.78. The largest absolute Gasteiger partial charge is 0.487 e. The second-order valence-corrected chi connectivity index (χ2v) is 13.8. The number of ether oxygens (including phenoxy) is 7. The number of nitrogens with zero attached hydrogens (tertiary/aromatic N) is 3. The predicted octanol–water partition coefficient (Wildman–Crippen LogP) is 1.97. The standard InChI is InChI=1S/C38H43F2N5O12S/c39-26-5-4-24(27-23-58-38(42-27)44-9-12-52-13-10-44)34(33(26)40)56-21-20-55-19-18-54-17-16-53-15-14-51-11-8-41-31(47)22-57-29-3-1-2-25-32(29)37(50)45(36(25)49)28-6-7-30(46)43-35(28)48/h1-5,23,28H,6-22H2,(H,41,47)(H,43,46,48). The van der Waals surface area contributed by atoms with Crippen molar-refractivity contribution in [3.8, 4) is 22.8 Å². The second kappa shape index (κ2) is 21.0. The number of nitrogens with one attached hydrogen (secondary N) is 2. The van der Waals surface area contributed by atoms with Crippen molar-refractivity contribution < 1.29 is 65.9 Å². The van der Waals surface area contributed by atoms with E-state index in [-0.39, 0.29) is 81.7 Å². The first-order valence-electron chi connectivity index (χ1n) is 18.7. The van der Waals surface area contributed by atoms with E-state index in [1.54, 1.807) is 5.38 Å². The number of imide groups is 2. The van der Waals surface area contributed by atoms with E-state index in [0.29, 0.717) is 57.4 Å². The number of rotatable bonds is 22. The van der Waals surface area contributed by atoms with Gasteiger partial charge in [0.1, 0.15) is 18.4 Å². The Bertz CT molecular complexity index is 1940. The lowest BCUT2D eigenvalue weighted by Crippen LogP contribution is -2.54. The number of aromatic nitrogens is 1. The van der Waals surface area contributed by atoms with E-state index >= 15 is 0 Å². The minimum Gasteiger partial charge on any atom is -0.487 e. The number of carbonyl (C=O) groups is 5. The molecule has 1 aromatic heterocycles. The maximum atomic E-state index is 14.7. The molecule has 20 heteroatoms. The van der Waals surface area contributed by atoms with Crippen molar-refractivity contribution >= 4 is 46.0 Å². The molecule has 1 atom stereocenters. The van der Waals surface area contributed by atoms with Crippen LogP contribution in [0.5, 0.6) is 11.5 Å². The van der Waals surface area contributed by atoms with Gasteiger partial charge in [-0.05, 0) is 30.7 Å². The topological polar surface area (TPSA) is 193 Å². The molecule has 0 spiro atoms. The predicted molar refractivity (Wildman–Crippen MR) is 201 cm³/mol. The van der Waals surface area contributed by atoms with Gasteiger partial charge in [-0.15, -0.1) is 11.3 Å². The number of piperidine rings is 1. The molecule has 2 fully saturated rings. The smallest absolute Gasteiger partial charge is 0.266 e. The van der Waals surface area contributed by atoms with Crippen molar-refractivity contribution in [1.82, 2.24) is 20.5 Å². The number of halogens is 2. The first kappa shape index (κ1) is 42.5. The molecule has 4 heterocycles. The Morgan fingerprint density at radius 3 is 2.26 bits per heavy atom. The minimum absolute atomic E-state index is 0.00193. The van der Waals surface area contributed by atoms with Crippen LogP contribution in [0.1, 0.15) is 33.6 Å². The summed E-state index contributed by atoms with van der Waals surface area (Å²) in [6.07, 6.45) is 0.0201. The van der Waals surface area contributed by atoms with Crippen LogP contribution in [0.4, 0.5) is 13.9 Å². The third-order valence-corrected chi connectivity index (χ3v) is 9.95. The van der Waals surface area contributed by atoms with Crippen LogP contribution in [0, 0.1) is 11.6 Å². The molecule has 0 radical (unpaired) electrons. The van der Waals surface area contributed by atoms with Gasteiger partial charge in [-0.3, -0.25) is 34.2 Å². The number of morpholine rings is 1. The molecule has 2 N–H and O–H groups in total. The summed E-state index contributed by atoms with van der Waals surface area (Å²) < 4.78 is 67.2. The van der Waals surface area contributed by atoms with Gasteiger partial charge in [0.05, 0.1) is 82.9 Å². The summed E-state index contributed by atoms with van der Waals surface area (Å²) in [5.41, 5.74) is 0.851. The summed E-state index contributed by atoms with van der Waals surface area (Å²) in [5, 5.41) is 7.34. The lowest BCUT2D eigenvalue weighted by atomic mass is 10.0. The highest BCUT2D eigenvalue weighted by Crippen LogP contribution is 2.37. The molecule has 2 aromatic carbocycles. The maximum Gasteiger partial charge on any atom is 0.266 e. The van der Waals surface area contributed by atoms with E-state index < -0.39 is 53.8 Å². The minimum atomic E-state index is -1.11. The van der Waals surface area contributed by atoms with Crippen molar-refractivity contribution in [3.63, 3.8) is 0 Å². The van der Waals surface area contributed by atoms with Gasteiger partial charge in [0.25, 0.3) is 17.7 Å². The Morgan fingerprint density at radius 2 is 1.55 bits per heavy atom. The molecular formula is C38H43F2N5O12S. The number of fused-ring (bicyclic) bond motifs is 1. The third kappa shape index (κ3) is 10.9. The Kier molecular flexibility index (Phi) is 15.4. The average molecular weight is 832 g/mol. The molecule has 58 heavy (non-hydrogen) atoms. The zero-order valence-corrected chi connectivity index (χ0v) is 32.3. The summed E-state index contributed by atoms with van der Waals surface area (Å²) >= 11 is 1.42. The van der Waals surface area contributed by atoms with Crippen LogP contribution in [-0.2, 0) is 38.1 Å². The van der Waals surface area contributed by atoms with Crippen molar-refractivity contribution in [3.05, 3.63) is 58.5 Å². The fraction of sp³-hybridized carbons (Fsp3) is 0.474. The Morgan fingerprint density at radius 1 is 0.862 bits per heavy atom. The molecule has 0 bridgehead atoms. The molecule has 0 aliphatic carbocycles. The monoisotopic (exact) mass is 831 g/mol. The van der Waals surface area contributed by atoms with Crippen LogP contribution in [0.15, 0.2) is 35.7 Å². The van der Waals surface area contributed by atoms with Crippen LogP contribution in [0.25, 0.3) is 11.3 Å². The number of carbonyl (C=O) groups excluding carboxylic acids is 5. The van der Waals surface area contributed by atoms with Crippen LogP contribution < -0.4 is 25.0 Å². The van der Waals surface area contributed by atoms with Crippen LogP contribution in [0.3, 0.4) is 0 Å². The highest BCUT2D eigenvalue weighted by molar-refractivity contribution is 7.14. The summed E-state index contributed by atoms with van der Waals surface area (Å²) in [7, 11) is 0. The molecule has 3 aliphatic heterocycles. The molecule has 2 saturated heterocycles. The normalized spacial score (nSPS) is 16.8. The van der Waals surface area contributed by atoms with Gasteiger partial charge >= 0.3 is 0 Å². The van der Waals surface area contributed by atoms with E-state index in [9.17, 15) is 32.8 Å². The van der Waals surface area contributed by atoms with Gasteiger partial charge in [0, 0.05) is 37.0 Å². The van der Waals surface area contributed by atoms with Gasteiger partial charge < -0.3 is 43.4 Å². The average Bonchev–Trinajstić information content (AvgIpc) is 3.81. The molecule has 0 saturated carbocycles. The SMILES string of the molecule is O=C(COc1cccc2c1C(=O)N(C1CCC(=O)NC1=O)C2=O)NCCOCCOCCOCCOCCOc1c(-c2csc(N3CCOCC3)n2)ccc(F)c1F. The number of benzene rings is 2. The summed E-state index contributed by atoms with van der Waals surface area (Å²) in [5.74, 6) is -5.38. The molecule has 17 nitrogen and oxygen atoms in total. The molecule has 312 valence electrons. The van der Waals surface area contributed by atoms with Gasteiger partial charge in [0.15, 0.2) is 23.3 Å². The second-order valence-electron chi connectivity index (χ2n) is 12.9. The van der Waals surface area contributed by atoms with Crippen molar-refractivity contribution in [2.75, 3.05) is 104 Å². The summed E-state index contributed by atoms with van der Waals surface area (Å²) in [4.78, 5) is 69.8. The number of hydrogen-bond donors (Lipinski definition) is 2. The maximum absolute atomic E-state index is 14.7. The molecule has 6 rings (SSSR count). The van der Waals surface area contributed by atoms with E-state index in [4.69, 9.17) is 33.2 Å². The van der Waals surface area contributed by atoms with Gasteiger partial charge in [-0.25, -0.2) is 9.37 Å². The fourth-order valence-electron chi connectivity index (χ4n) is 6.19. The van der Waals surface area contributed by atoms with Crippen molar-refractivity contribution in [2.45, 2.75) is 18.9 Å². The van der Waals surface area contributed by atoms with Gasteiger partial charge in [0.2, 0.25) is 17.6 Å². The lowest BCUT2D eigenvalue weighted by molar-refractivity contribution is -0.136. The van der Waals surface area contributed by atoms with Crippen LogP contribution in [0.2, 0.25) is 0 Å².